The quantitative estimate of drug-likeness (QED) is 0.403. The highest BCUT2D eigenvalue weighted by molar-refractivity contribution is 14.0. The van der Waals surface area contributed by atoms with Crippen molar-refractivity contribution in [3.63, 3.8) is 0 Å². The van der Waals surface area contributed by atoms with Gasteiger partial charge in [0.05, 0.1) is 0 Å². The summed E-state index contributed by atoms with van der Waals surface area (Å²) in [7, 11) is 3.52. The van der Waals surface area contributed by atoms with Crippen LogP contribution in [-0.2, 0) is 4.79 Å². The van der Waals surface area contributed by atoms with Gasteiger partial charge < -0.3 is 20.0 Å². The highest BCUT2D eigenvalue weighted by atomic mass is 127. The molecule has 0 radical (unpaired) electrons. The first-order chi connectivity index (χ1) is 12.3. The fourth-order valence-corrected chi connectivity index (χ4v) is 3.02. The van der Waals surface area contributed by atoms with Crippen LogP contribution in [0, 0.1) is 13.8 Å². The molecular weight excluding hydrogens is 453 g/mol. The van der Waals surface area contributed by atoms with E-state index in [-0.39, 0.29) is 42.5 Å². The predicted octanol–water partition coefficient (Wildman–Crippen LogP) is 2.49. The van der Waals surface area contributed by atoms with Crippen LogP contribution in [0.25, 0.3) is 0 Å². The van der Waals surface area contributed by atoms with Gasteiger partial charge in [0, 0.05) is 52.0 Å². The number of aliphatic imine (C=N–C) groups is 1. The van der Waals surface area contributed by atoms with E-state index in [9.17, 15) is 4.79 Å². The molecule has 1 aliphatic heterocycles. The first-order valence-corrected chi connectivity index (χ1v) is 9.37. The number of benzene rings is 1. The number of halogens is 1. The molecule has 0 atom stereocenters. The van der Waals surface area contributed by atoms with E-state index in [2.05, 4.69) is 66.0 Å². The number of likely N-dealkylation sites (N-methyl/N-ethyl adjacent to an activating group) is 1. The number of anilines is 1. The fraction of sp³-hybridized carbons (Fsp3) is 0.600. The Morgan fingerprint density at radius 2 is 1.81 bits per heavy atom. The van der Waals surface area contributed by atoms with Crippen molar-refractivity contribution >= 4 is 41.5 Å². The van der Waals surface area contributed by atoms with Crippen molar-refractivity contribution in [1.29, 1.82) is 0 Å². The van der Waals surface area contributed by atoms with Crippen LogP contribution < -0.4 is 10.2 Å². The van der Waals surface area contributed by atoms with E-state index >= 15 is 0 Å². The van der Waals surface area contributed by atoms with Gasteiger partial charge in [0.15, 0.2) is 5.96 Å². The van der Waals surface area contributed by atoms with E-state index in [0.717, 1.165) is 32.1 Å². The maximum absolute atomic E-state index is 11.9. The molecule has 152 valence electrons. The molecule has 1 aromatic rings. The van der Waals surface area contributed by atoms with Crippen LogP contribution in [0.5, 0.6) is 0 Å². The lowest BCUT2D eigenvalue weighted by Crippen LogP contribution is -2.54. The number of carbonyl (C=O) groups is 1. The van der Waals surface area contributed by atoms with Gasteiger partial charge in [-0.3, -0.25) is 4.79 Å². The van der Waals surface area contributed by atoms with Crippen LogP contribution in [0.15, 0.2) is 23.2 Å². The Labute approximate surface area is 181 Å². The van der Waals surface area contributed by atoms with Gasteiger partial charge in [0.1, 0.15) is 6.54 Å². The van der Waals surface area contributed by atoms with Crippen molar-refractivity contribution in [2.24, 2.45) is 4.99 Å². The number of amides is 1. The van der Waals surface area contributed by atoms with Gasteiger partial charge in [-0.1, -0.05) is 12.1 Å². The molecule has 7 heteroatoms. The number of nitrogens with one attached hydrogen (secondary N) is 1. The molecule has 2 rings (SSSR count). The first-order valence-electron chi connectivity index (χ1n) is 9.37. The van der Waals surface area contributed by atoms with Gasteiger partial charge in [-0.2, -0.15) is 0 Å². The Morgan fingerprint density at radius 1 is 1.19 bits per heavy atom. The molecule has 0 aromatic heterocycles. The average Bonchev–Trinajstić information content (AvgIpc) is 2.60. The number of carbonyl (C=O) groups excluding carboxylic acids is 1. The van der Waals surface area contributed by atoms with Gasteiger partial charge in [-0.25, -0.2) is 4.99 Å². The average molecular weight is 487 g/mol. The van der Waals surface area contributed by atoms with Gasteiger partial charge in [-0.15, -0.1) is 24.0 Å². The van der Waals surface area contributed by atoms with Crippen molar-refractivity contribution in [3.8, 4) is 0 Å². The number of aryl methyl sites for hydroxylation is 1. The zero-order valence-corrected chi connectivity index (χ0v) is 19.8. The van der Waals surface area contributed by atoms with Crippen LogP contribution >= 0.6 is 24.0 Å². The minimum atomic E-state index is 0. The Morgan fingerprint density at radius 3 is 2.37 bits per heavy atom. The topological polar surface area (TPSA) is 51.2 Å². The van der Waals surface area contributed by atoms with Crippen molar-refractivity contribution in [2.75, 3.05) is 51.7 Å². The first kappa shape index (κ1) is 23.5. The summed E-state index contributed by atoms with van der Waals surface area (Å²) in [4.78, 5) is 22.7. The molecule has 0 saturated carbocycles. The predicted molar refractivity (Wildman–Crippen MR) is 124 cm³/mol. The lowest BCUT2D eigenvalue weighted by molar-refractivity contribution is -0.127. The maximum atomic E-state index is 11.9. The Hall–Kier alpha value is -1.51. The lowest BCUT2D eigenvalue weighted by Gasteiger charge is -2.39. The molecule has 1 N–H and O–H groups in total. The molecule has 1 saturated heterocycles. The minimum Gasteiger partial charge on any atom is -0.368 e. The zero-order chi connectivity index (χ0) is 19.3. The molecule has 1 fully saturated rings. The molecule has 27 heavy (non-hydrogen) atoms. The molecule has 0 aliphatic carbocycles. The largest absolute Gasteiger partial charge is 0.368 e. The van der Waals surface area contributed by atoms with E-state index in [4.69, 9.17) is 0 Å². The molecule has 0 bridgehead atoms. The summed E-state index contributed by atoms with van der Waals surface area (Å²) in [6, 6.07) is 6.77. The molecule has 0 spiro atoms. The van der Waals surface area contributed by atoms with Gasteiger partial charge >= 0.3 is 0 Å². The molecule has 1 heterocycles. The number of hydrogen-bond donors (Lipinski definition) is 1. The standard InChI is InChI=1S/C20H33N5O.HI/c1-15(2)22-20(21-14-19(26)23(5)6)25-12-10-24(11-13-25)18-9-7-8-16(3)17(18)4;/h7-9,15H,10-14H2,1-6H3,(H,21,22);1H. The molecular formula is C20H34IN5O. The Bertz CT molecular complexity index is 652. The van der Waals surface area contributed by atoms with Crippen molar-refractivity contribution in [2.45, 2.75) is 33.7 Å². The summed E-state index contributed by atoms with van der Waals surface area (Å²) >= 11 is 0. The van der Waals surface area contributed by atoms with Crippen LogP contribution in [0.2, 0.25) is 0 Å². The van der Waals surface area contributed by atoms with E-state index in [1.165, 1.54) is 16.8 Å². The second-order valence-corrected chi connectivity index (χ2v) is 7.42. The van der Waals surface area contributed by atoms with Gasteiger partial charge in [0.25, 0.3) is 0 Å². The van der Waals surface area contributed by atoms with E-state index in [0.29, 0.717) is 0 Å². The number of piperazine rings is 1. The summed E-state index contributed by atoms with van der Waals surface area (Å²) in [5.41, 5.74) is 4.00. The summed E-state index contributed by atoms with van der Waals surface area (Å²) in [6.45, 7) is 12.4. The SMILES string of the molecule is Cc1cccc(N2CCN(C(=NCC(=O)N(C)C)NC(C)C)CC2)c1C.I. The Balaban J connectivity index is 0.00000364. The van der Waals surface area contributed by atoms with Crippen LogP contribution in [-0.4, -0.2) is 74.5 Å². The van der Waals surface area contributed by atoms with E-state index in [1.807, 2.05) is 0 Å². The highest BCUT2D eigenvalue weighted by Gasteiger charge is 2.22. The smallest absolute Gasteiger partial charge is 0.243 e. The normalized spacial score (nSPS) is 14.9. The Kier molecular flexibility index (Phi) is 9.35. The molecule has 6 nitrogen and oxygen atoms in total. The van der Waals surface area contributed by atoms with E-state index < -0.39 is 0 Å². The zero-order valence-electron chi connectivity index (χ0n) is 17.5. The maximum Gasteiger partial charge on any atom is 0.243 e. The van der Waals surface area contributed by atoms with Crippen LogP contribution in [0.1, 0.15) is 25.0 Å². The van der Waals surface area contributed by atoms with Crippen LogP contribution in [0.3, 0.4) is 0 Å². The number of rotatable bonds is 4. The van der Waals surface area contributed by atoms with E-state index in [1.54, 1.807) is 19.0 Å². The summed E-state index contributed by atoms with van der Waals surface area (Å²) in [5, 5.41) is 3.41. The minimum absolute atomic E-state index is 0. The monoisotopic (exact) mass is 487 g/mol. The lowest BCUT2D eigenvalue weighted by atomic mass is 10.1. The molecule has 1 amide bonds. The van der Waals surface area contributed by atoms with Gasteiger partial charge in [0.2, 0.25) is 5.91 Å². The number of guanidine groups is 1. The third-order valence-electron chi connectivity index (χ3n) is 4.78. The highest BCUT2D eigenvalue weighted by Crippen LogP contribution is 2.23. The molecule has 1 aliphatic rings. The van der Waals surface area contributed by atoms with Crippen molar-refractivity contribution in [3.05, 3.63) is 29.3 Å². The van der Waals surface area contributed by atoms with Crippen molar-refractivity contribution < 1.29 is 4.79 Å². The second-order valence-electron chi connectivity index (χ2n) is 7.42. The summed E-state index contributed by atoms with van der Waals surface area (Å²) < 4.78 is 0. The number of hydrogen-bond acceptors (Lipinski definition) is 3. The fourth-order valence-electron chi connectivity index (χ4n) is 3.02. The summed E-state index contributed by atoms with van der Waals surface area (Å²) in [5.74, 6) is 0.845. The third kappa shape index (κ3) is 6.55. The van der Waals surface area contributed by atoms with Crippen molar-refractivity contribution in [1.82, 2.24) is 15.1 Å². The van der Waals surface area contributed by atoms with Gasteiger partial charge in [-0.05, 0) is 44.9 Å². The van der Waals surface area contributed by atoms with Crippen LogP contribution in [0.4, 0.5) is 5.69 Å². The summed E-state index contributed by atoms with van der Waals surface area (Å²) in [6.07, 6.45) is 0. The number of nitrogens with zero attached hydrogens (tertiary/aromatic N) is 4. The molecule has 0 unspecified atom stereocenters. The molecule has 1 aromatic carbocycles. The second kappa shape index (κ2) is 10.7. The third-order valence-corrected chi connectivity index (χ3v) is 4.78.